The van der Waals surface area contributed by atoms with E-state index in [0.29, 0.717) is 30.7 Å². The molecule has 7 heteroatoms. The van der Waals surface area contributed by atoms with E-state index in [0.717, 1.165) is 5.39 Å². The monoisotopic (exact) mass is 331 g/mol. The van der Waals surface area contributed by atoms with Crippen molar-refractivity contribution in [2.75, 3.05) is 19.7 Å². The number of hydrogen-bond acceptors (Lipinski definition) is 5. The van der Waals surface area contributed by atoms with Crippen LogP contribution in [-0.2, 0) is 9.59 Å². The molecule has 0 spiro atoms. The van der Waals surface area contributed by atoms with Crippen LogP contribution in [-0.4, -0.2) is 41.6 Å². The van der Waals surface area contributed by atoms with Gasteiger partial charge in [0, 0.05) is 30.6 Å². The van der Waals surface area contributed by atoms with Crippen LogP contribution in [0.5, 0.6) is 5.75 Å². The number of amides is 1. The molecule has 1 aliphatic rings. The van der Waals surface area contributed by atoms with Crippen molar-refractivity contribution in [3.05, 3.63) is 40.8 Å². The lowest BCUT2D eigenvalue weighted by molar-refractivity contribution is -0.146. The SMILES string of the molecule is O=C(O)[C@@H]1CCCN(C(=O)COc2ccc3ccc(=O)oc3c2)C1. The highest BCUT2D eigenvalue weighted by atomic mass is 16.5. The maximum Gasteiger partial charge on any atom is 0.336 e. The van der Waals surface area contributed by atoms with Crippen molar-refractivity contribution in [2.24, 2.45) is 5.92 Å². The number of ether oxygens (including phenoxy) is 1. The maximum absolute atomic E-state index is 12.2. The molecule has 0 bridgehead atoms. The van der Waals surface area contributed by atoms with Gasteiger partial charge >= 0.3 is 11.6 Å². The smallest absolute Gasteiger partial charge is 0.336 e. The van der Waals surface area contributed by atoms with Gasteiger partial charge in [0.2, 0.25) is 0 Å². The molecular weight excluding hydrogens is 314 g/mol. The van der Waals surface area contributed by atoms with Crippen molar-refractivity contribution in [1.29, 1.82) is 0 Å². The van der Waals surface area contributed by atoms with Crippen LogP contribution in [0.3, 0.4) is 0 Å². The summed E-state index contributed by atoms with van der Waals surface area (Å²) in [4.78, 5) is 36.0. The van der Waals surface area contributed by atoms with Gasteiger partial charge in [0.05, 0.1) is 5.92 Å². The van der Waals surface area contributed by atoms with E-state index in [4.69, 9.17) is 14.3 Å². The second-order valence-corrected chi connectivity index (χ2v) is 5.76. The average Bonchev–Trinajstić information content (AvgIpc) is 2.59. The summed E-state index contributed by atoms with van der Waals surface area (Å²) in [5, 5.41) is 9.82. The van der Waals surface area contributed by atoms with Crippen LogP contribution in [0.4, 0.5) is 0 Å². The Morgan fingerprint density at radius 3 is 2.88 bits per heavy atom. The van der Waals surface area contributed by atoms with Crippen LogP contribution in [0.25, 0.3) is 11.0 Å². The van der Waals surface area contributed by atoms with Crippen LogP contribution < -0.4 is 10.4 Å². The predicted octanol–water partition coefficient (Wildman–Crippen LogP) is 1.49. The summed E-state index contributed by atoms with van der Waals surface area (Å²) in [6.45, 7) is 0.567. The molecule has 0 unspecified atom stereocenters. The van der Waals surface area contributed by atoms with Crippen LogP contribution >= 0.6 is 0 Å². The van der Waals surface area contributed by atoms with Crippen molar-refractivity contribution in [3.63, 3.8) is 0 Å². The zero-order chi connectivity index (χ0) is 17.1. The van der Waals surface area contributed by atoms with Gasteiger partial charge in [-0.2, -0.15) is 0 Å². The number of benzene rings is 1. The lowest BCUT2D eigenvalue weighted by Gasteiger charge is -2.30. The molecule has 1 saturated heterocycles. The van der Waals surface area contributed by atoms with Crippen LogP contribution in [0, 0.1) is 5.92 Å². The molecule has 1 amide bonds. The van der Waals surface area contributed by atoms with E-state index < -0.39 is 17.5 Å². The Bertz CT molecular complexity index is 827. The number of carboxylic acid groups (broad SMARTS) is 1. The molecule has 2 aromatic rings. The Hall–Kier alpha value is -2.83. The fourth-order valence-corrected chi connectivity index (χ4v) is 2.77. The number of likely N-dealkylation sites (tertiary alicyclic amines) is 1. The second kappa shape index (κ2) is 6.74. The summed E-state index contributed by atoms with van der Waals surface area (Å²) >= 11 is 0. The summed E-state index contributed by atoms with van der Waals surface area (Å²) in [5.74, 6) is -1.23. The summed E-state index contributed by atoms with van der Waals surface area (Å²) in [6.07, 6.45) is 1.26. The van der Waals surface area contributed by atoms with E-state index in [9.17, 15) is 14.4 Å². The molecule has 1 aromatic heterocycles. The molecule has 24 heavy (non-hydrogen) atoms. The Balaban J connectivity index is 1.63. The standard InChI is InChI=1S/C17H17NO6/c19-15(18-7-1-2-12(9-18)17(21)22)10-23-13-5-3-11-4-6-16(20)24-14(11)8-13/h3-6,8,12H,1-2,7,9-10H2,(H,21,22)/t12-/m1/s1. The number of carbonyl (C=O) groups is 2. The Morgan fingerprint density at radius 2 is 2.08 bits per heavy atom. The third-order valence-corrected chi connectivity index (χ3v) is 4.08. The molecule has 1 aliphatic heterocycles. The largest absolute Gasteiger partial charge is 0.484 e. The summed E-state index contributed by atoms with van der Waals surface area (Å²) in [5.41, 5.74) is -0.0693. The first-order valence-corrected chi connectivity index (χ1v) is 7.70. The van der Waals surface area contributed by atoms with E-state index in [-0.39, 0.29) is 19.1 Å². The zero-order valence-electron chi connectivity index (χ0n) is 12.9. The molecule has 126 valence electrons. The number of aliphatic carboxylic acids is 1. The minimum Gasteiger partial charge on any atom is -0.484 e. The highest BCUT2D eigenvalue weighted by Crippen LogP contribution is 2.20. The Kier molecular flexibility index (Phi) is 4.50. The predicted molar refractivity (Wildman–Crippen MR) is 84.9 cm³/mol. The number of carbonyl (C=O) groups excluding carboxylic acids is 1. The van der Waals surface area contributed by atoms with Crippen molar-refractivity contribution in [1.82, 2.24) is 4.90 Å². The van der Waals surface area contributed by atoms with Gasteiger partial charge in [-0.25, -0.2) is 4.79 Å². The van der Waals surface area contributed by atoms with E-state index in [1.807, 2.05) is 0 Å². The number of rotatable bonds is 4. The zero-order valence-corrected chi connectivity index (χ0v) is 12.9. The highest BCUT2D eigenvalue weighted by molar-refractivity contribution is 5.80. The van der Waals surface area contributed by atoms with Crippen molar-refractivity contribution < 1.29 is 23.8 Å². The van der Waals surface area contributed by atoms with E-state index in [1.54, 1.807) is 24.3 Å². The van der Waals surface area contributed by atoms with Gasteiger partial charge in [-0.15, -0.1) is 0 Å². The summed E-state index contributed by atoms with van der Waals surface area (Å²) < 4.78 is 10.5. The third-order valence-electron chi connectivity index (χ3n) is 4.08. The Labute approximate surface area is 137 Å². The van der Waals surface area contributed by atoms with Gasteiger partial charge in [0.25, 0.3) is 5.91 Å². The van der Waals surface area contributed by atoms with Gasteiger partial charge in [0.1, 0.15) is 11.3 Å². The molecule has 0 radical (unpaired) electrons. The van der Waals surface area contributed by atoms with Gasteiger partial charge < -0.3 is 19.2 Å². The molecule has 1 N–H and O–H groups in total. The number of piperidine rings is 1. The number of fused-ring (bicyclic) bond motifs is 1. The minimum absolute atomic E-state index is 0.186. The molecule has 2 heterocycles. The first-order chi connectivity index (χ1) is 11.5. The lowest BCUT2D eigenvalue weighted by Crippen LogP contribution is -2.44. The lowest BCUT2D eigenvalue weighted by atomic mass is 9.98. The fraction of sp³-hybridized carbons (Fsp3) is 0.353. The van der Waals surface area contributed by atoms with Crippen LogP contribution in [0.2, 0.25) is 0 Å². The molecule has 7 nitrogen and oxygen atoms in total. The molecule has 1 aromatic carbocycles. The number of nitrogens with zero attached hydrogens (tertiary/aromatic N) is 1. The van der Waals surface area contributed by atoms with E-state index >= 15 is 0 Å². The average molecular weight is 331 g/mol. The van der Waals surface area contributed by atoms with Gasteiger partial charge in [-0.05, 0) is 31.0 Å². The minimum atomic E-state index is -0.877. The van der Waals surface area contributed by atoms with E-state index in [1.165, 1.54) is 11.0 Å². The number of hydrogen-bond donors (Lipinski definition) is 1. The molecule has 0 saturated carbocycles. The maximum atomic E-state index is 12.2. The normalized spacial score (nSPS) is 17.7. The molecule has 1 fully saturated rings. The quantitative estimate of drug-likeness (QED) is 0.853. The van der Waals surface area contributed by atoms with Gasteiger partial charge in [-0.3, -0.25) is 9.59 Å². The summed E-state index contributed by atoms with van der Waals surface area (Å²) in [7, 11) is 0. The third kappa shape index (κ3) is 3.56. The van der Waals surface area contributed by atoms with Crippen molar-refractivity contribution >= 4 is 22.8 Å². The second-order valence-electron chi connectivity index (χ2n) is 5.76. The highest BCUT2D eigenvalue weighted by Gasteiger charge is 2.28. The fourth-order valence-electron chi connectivity index (χ4n) is 2.77. The first kappa shape index (κ1) is 16.0. The summed E-state index contributed by atoms with van der Waals surface area (Å²) in [6, 6.07) is 7.96. The Morgan fingerprint density at radius 1 is 1.29 bits per heavy atom. The van der Waals surface area contributed by atoms with Crippen molar-refractivity contribution in [2.45, 2.75) is 12.8 Å². The van der Waals surface area contributed by atoms with Crippen molar-refractivity contribution in [3.8, 4) is 5.75 Å². The molecule has 0 aliphatic carbocycles. The van der Waals surface area contributed by atoms with Gasteiger partial charge in [-0.1, -0.05) is 0 Å². The molecule has 3 rings (SSSR count). The van der Waals surface area contributed by atoms with Crippen LogP contribution in [0.1, 0.15) is 12.8 Å². The first-order valence-electron chi connectivity index (χ1n) is 7.70. The van der Waals surface area contributed by atoms with Gasteiger partial charge in [0.15, 0.2) is 6.61 Å². The molecular formula is C17H17NO6. The van der Waals surface area contributed by atoms with E-state index in [2.05, 4.69) is 0 Å². The topological polar surface area (TPSA) is 97.0 Å². The van der Waals surface area contributed by atoms with Crippen LogP contribution in [0.15, 0.2) is 39.5 Å². The number of carboxylic acids is 1. The molecule has 1 atom stereocenters.